The van der Waals surface area contributed by atoms with Gasteiger partial charge in [-0.15, -0.1) is 12.6 Å². The monoisotopic (exact) mass is 196 g/mol. The van der Waals surface area contributed by atoms with E-state index < -0.39 is 0 Å². The van der Waals surface area contributed by atoms with Gasteiger partial charge in [-0.2, -0.15) is 10.1 Å². The second-order valence-electron chi connectivity index (χ2n) is 2.57. The Balaban J connectivity index is 2.75. The first-order valence-electron chi connectivity index (χ1n) is 3.84. The minimum atomic E-state index is -0.0744. The predicted octanol–water partition coefficient (Wildman–Crippen LogP) is 0.840. The second kappa shape index (κ2) is 2.88. The van der Waals surface area contributed by atoms with Gasteiger partial charge in [-0.25, -0.2) is 4.98 Å². The molecule has 0 aliphatic heterocycles. The van der Waals surface area contributed by atoms with Gasteiger partial charge in [0.25, 0.3) is 0 Å². The fraction of sp³-hybridized carbons (Fsp3) is 0.286. The van der Waals surface area contributed by atoms with Gasteiger partial charge in [0.05, 0.1) is 0 Å². The maximum atomic E-state index is 9.41. The highest BCUT2D eigenvalue weighted by atomic mass is 32.1. The molecule has 0 unspecified atom stereocenters. The molecule has 0 radical (unpaired) electrons. The molecule has 68 valence electrons. The molecule has 2 aromatic rings. The van der Waals surface area contributed by atoms with Crippen LogP contribution in [0.2, 0.25) is 0 Å². The Morgan fingerprint density at radius 1 is 1.54 bits per heavy atom. The van der Waals surface area contributed by atoms with E-state index in [-0.39, 0.29) is 11.0 Å². The molecule has 0 aromatic carbocycles. The maximum Gasteiger partial charge on any atom is 0.226 e. The van der Waals surface area contributed by atoms with Gasteiger partial charge in [0, 0.05) is 12.7 Å². The highest BCUT2D eigenvalue weighted by molar-refractivity contribution is 7.80. The van der Waals surface area contributed by atoms with Crippen molar-refractivity contribution in [3.05, 3.63) is 6.20 Å². The largest absolute Gasteiger partial charge is 0.493 e. The number of aromatic hydroxyl groups is 1. The van der Waals surface area contributed by atoms with Crippen molar-refractivity contribution in [2.45, 2.75) is 18.6 Å². The zero-order valence-electron chi connectivity index (χ0n) is 6.97. The minimum Gasteiger partial charge on any atom is -0.493 e. The Morgan fingerprint density at radius 3 is 3.00 bits per heavy atom. The number of rotatable bonds is 1. The van der Waals surface area contributed by atoms with Crippen LogP contribution >= 0.6 is 12.6 Å². The highest BCUT2D eigenvalue weighted by Gasteiger charge is 2.08. The molecular weight excluding hydrogens is 188 g/mol. The molecule has 2 rings (SSSR count). The summed E-state index contributed by atoms with van der Waals surface area (Å²) >= 11 is 3.94. The summed E-state index contributed by atoms with van der Waals surface area (Å²) in [5, 5.41) is 14.3. The molecule has 2 aromatic heterocycles. The number of nitrogens with zero attached hydrogens (tertiary/aromatic N) is 4. The van der Waals surface area contributed by atoms with Crippen LogP contribution in [0.5, 0.6) is 5.88 Å². The molecule has 0 amide bonds. The van der Waals surface area contributed by atoms with Crippen LogP contribution in [0.3, 0.4) is 0 Å². The molecule has 0 spiro atoms. The van der Waals surface area contributed by atoms with Gasteiger partial charge in [0.15, 0.2) is 10.8 Å². The van der Waals surface area contributed by atoms with Crippen LogP contribution in [0.25, 0.3) is 11.0 Å². The summed E-state index contributed by atoms with van der Waals surface area (Å²) in [5.41, 5.74) is 0.472. The average Bonchev–Trinajstić information content (AvgIpc) is 2.47. The lowest BCUT2D eigenvalue weighted by molar-refractivity contribution is 0.453. The summed E-state index contributed by atoms with van der Waals surface area (Å²) in [6.45, 7) is 2.69. The van der Waals surface area contributed by atoms with E-state index in [2.05, 4.69) is 27.7 Å². The van der Waals surface area contributed by atoms with Crippen LogP contribution in [-0.2, 0) is 6.54 Å². The van der Waals surface area contributed by atoms with E-state index >= 15 is 0 Å². The zero-order valence-corrected chi connectivity index (χ0v) is 7.86. The van der Waals surface area contributed by atoms with Gasteiger partial charge in [-0.1, -0.05) is 0 Å². The molecular formula is C7H8N4OS. The molecule has 0 saturated carbocycles. The number of hydrogen-bond acceptors (Lipinski definition) is 5. The van der Waals surface area contributed by atoms with Crippen molar-refractivity contribution in [1.82, 2.24) is 19.7 Å². The molecule has 6 heteroatoms. The van der Waals surface area contributed by atoms with Gasteiger partial charge < -0.3 is 5.11 Å². The van der Waals surface area contributed by atoms with Crippen molar-refractivity contribution in [1.29, 1.82) is 0 Å². The third kappa shape index (κ3) is 1.33. The summed E-state index contributed by atoms with van der Waals surface area (Å²) in [7, 11) is 0. The number of aryl methyl sites for hydroxylation is 1. The first-order chi connectivity index (χ1) is 6.20. The first-order valence-corrected chi connectivity index (χ1v) is 4.28. The van der Waals surface area contributed by atoms with Crippen LogP contribution < -0.4 is 0 Å². The first kappa shape index (κ1) is 8.31. The fourth-order valence-electron chi connectivity index (χ4n) is 1.09. The van der Waals surface area contributed by atoms with Crippen molar-refractivity contribution < 1.29 is 5.11 Å². The summed E-state index contributed by atoms with van der Waals surface area (Å²) < 4.78 is 1.69. The highest BCUT2D eigenvalue weighted by Crippen LogP contribution is 2.20. The molecule has 13 heavy (non-hydrogen) atoms. The van der Waals surface area contributed by atoms with E-state index in [9.17, 15) is 5.11 Å². The summed E-state index contributed by atoms with van der Waals surface area (Å²) in [6.07, 6.45) is 1.71. The normalized spacial score (nSPS) is 10.9. The third-order valence-corrected chi connectivity index (χ3v) is 1.92. The lowest BCUT2D eigenvalue weighted by Crippen LogP contribution is -1.93. The molecule has 5 nitrogen and oxygen atoms in total. The smallest absolute Gasteiger partial charge is 0.226 e. The van der Waals surface area contributed by atoms with E-state index in [4.69, 9.17) is 0 Å². The van der Waals surface area contributed by atoms with E-state index in [0.29, 0.717) is 11.0 Å². The summed E-state index contributed by atoms with van der Waals surface area (Å²) in [4.78, 5) is 7.67. The quantitative estimate of drug-likeness (QED) is 0.524. The van der Waals surface area contributed by atoms with Gasteiger partial charge in [0.1, 0.15) is 5.39 Å². The van der Waals surface area contributed by atoms with Crippen LogP contribution in [0.15, 0.2) is 11.4 Å². The molecule has 0 fully saturated rings. The van der Waals surface area contributed by atoms with E-state index in [1.165, 1.54) is 0 Å². The van der Waals surface area contributed by atoms with E-state index in [1.807, 2.05) is 6.92 Å². The van der Waals surface area contributed by atoms with E-state index in [0.717, 1.165) is 6.54 Å². The summed E-state index contributed by atoms with van der Waals surface area (Å²) in [5.74, 6) is -0.0744. The van der Waals surface area contributed by atoms with Crippen molar-refractivity contribution in [2.75, 3.05) is 0 Å². The van der Waals surface area contributed by atoms with Crippen LogP contribution in [0, 0.1) is 0 Å². The molecule has 0 bridgehead atoms. The van der Waals surface area contributed by atoms with Crippen LogP contribution in [0.4, 0.5) is 0 Å². The molecule has 2 heterocycles. The molecule has 0 atom stereocenters. The van der Waals surface area contributed by atoms with E-state index in [1.54, 1.807) is 10.9 Å². The Morgan fingerprint density at radius 2 is 2.31 bits per heavy atom. The number of hydrogen-bond donors (Lipinski definition) is 2. The second-order valence-corrected chi connectivity index (χ2v) is 2.97. The number of fused-ring (bicyclic) bond motifs is 1. The molecule has 1 N–H and O–H groups in total. The van der Waals surface area contributed by atoms with Crippen molar-refractivity contribution in [2.24, 2.45) is 0 Å². The Hall–Kier alpha value is -1.30. The molecule has 0 aliphatic rings. The standard InChI is InChI=1S/C7H8N4OS/c1-2-11-3-4-5(10-11)8-7(13)9-6(4)12/h3H,2H2,1H3,(H2,8,9,10,12,13). The number of thiol groups is 1. The van der Waals surface area contributed by atoms with Crippen molar-refractivity contribution in [3.63, 3.8) is 0 Å². The molecule has 0 aliphatic carbocycles. The van der Waals surface area contributed by atoms with Crippen molar-refractivity contribution >= 4 is 23.7 Å². The molecule has 0 saturated heterocycles. The topological polar surface area (TPSA) is 63.8 Å². The number of aromatic nitrogens is 4. The van der Waals surface area contributed by atoms with Gasteiger partial charge in [-0.05, 0) is 6.92 Å². The SMILES string of the molecule is CCn1cc2c(O)nc(S)nc2n1. The Labute approximate surface area is 79.8 Å². The minimum absolute atomic E-state index is 0.0744. The predicted molar refractivity (Wildman–Crippen MR) is 49.9 cm³/mol. The Kier molecular flexibility index (Phi) is 1.84. The Bertz CT molecular complexity index is 453. The van der Waals surface area contributed by atoms with Gasteiger partial charge in [0.2, 0.25) is 5.88 Å². The average molecular weight is 196 g/mol. The van der Waals surface area contributed by atoms with Gasteiger partial charge in [-0.3, -0.25) is 4.68 Å². The third-order valence-electron chi connectivity index (χ3n) is 1.72. The lowest BCUT2D eigenvalue weighted by atomic mass is 10.4. The van der Waals surface area contributed by atoms with Crippen LogP contribution in [-0.4, -0.2) is 24.9 Å². The zero-order chi connectivity index (χ0) is 9.42. The van der Waals surface area contributed by atoms with Crippen LogP contribution in [0.1, 0.15) is 6.92 Å². The summed E-state index contributed by atoms with van der Waals surface area (Å²) in [6, 6.07) is 0. The van der Waals surface area contributed by atoms with Crippen molar-refractivity contribution in [3.8, 4) is 5.88 Å². The lowest BCUT2D eigenvalue weighted by Gasteiger charge is -1.91. The maximum absolute atomic E-state index is 9.41. The van der Waals surface area contributed by atoms with Gasteiger partial charge >= 0.3 is 0 Å². The fourth-order valence-corrected chi connectivity index (χ4v) is 1.28.